The molecule has 0 spiro atoms. The smallest absolute Gasteiger partial charge is 0.293 e. The molecule has 0 aromatic carbocycles. The molecule has 6 heteroatoms. The summed E-state index contributed by atoms with van der Waals surface area (Å²) >= 11 is 0. The quantitative estimate of drug-likeness (QED) is 0.736. The number of nitrogens with one attached hydrogen (secondary N) is 2. The van der Waals surface area contributed by atoms with Gasteiger partial charge in [-0.05, 0) is 12.8 Å². The third-order valence-electron chi connectivity index (χ3n) is 3.29. The Hall–Kier alpha value is -1.43. The second-order valence-electron chi connectivity index (χ2n) is 4.55. The number of hydrogen-bond donors (Lipinski definition) is 2. The van der Waals surface area contributed by atoms with Crippen molar-refractivity contribution < 1.29 is 4.79 Å². The summed E-state index contributed by atoms with van der Waals surface area (Å²) in [5.74, 6) is 1.58. The minimum Gasteiger partial charge on any atom is -0.333 e. The standard InChI is InChI=1S/C10H15N5O/c1-15(7-4-11-5-7)10(16)9-12-8(13-14-9)6-2-3-6/h6-7,11H,2-5H2,1H3,(H,12,13,14). The number of aromatic amines is 1. The maximum atomic E-state index is 12.0. The fourth-order valence-electron chi connectivity index (χ4n) is 1.78. The van der Waals surface area contributed by atoms with Crippen molar-refractivity contribution in [2.24, 2.45) is 0 Å². The van der Waals surface area contributed by atoms with Gasteiger partial charge in [-0.3, -0.25) is 9.89 Å². The average molecular weight is 221 g/mol. The van der Waals surface area contributed by atoms with E-state index in [4.69, 9.17) is 0 Å². The summed E-state index contributed by atoms with van der Waals surface area (Å²) in [6, 6.07) is 0.287. The van der Waals surface area contributed by atoms with Gasteiger partial charge in [-0.1, -0.05) is 0 Å². The molecule has 1 aliphatic heterocycles. The van der Waals surface area contributed by atoms with Crippen LogP contribution in [0, 0.1) is 0 Å². The molecule has 3 rings (SSSR count). The average Bonchev–Trinajstić information content (AvgIpc) is 2.93. The van der Waals surface area contributed by atoms with Crippen molar-refractivity contribution in [3.8, 4) is 0 Å². The number of aromatic nitrogens is 3. The Bertz CT molecular complexity index is 407. The highest BCUT2D eigenvalue weighted by atomic mass is 16.2. The molecule has 0 unspecified atom stereocenters. The van der Waals surface area contributed by atoms with E-state index < -0.39 is 0 Å². The molecule has 86 valence electrons. The molecular formula is C10H15N5O. The Balaban J connectivity index is 1.71. The van der Waals surface area contributed by atoms with E-state index in [0.29, 0.717) is 11.7 Å². The second-order valence-corrected chi connectivity index (χ2v) is 4.55. The molecule has 2 fully saturated rings. The van der Waals surface area contributed by atoms with Gasteiger partial charge in [-0.15, -0.1) is 5.10 Å². The number of H-pyrrole nitrogens is 1. The Morgan fingerprint density at radius 1 is 1.44 bits per heavy atom. The summed E-state index contributed by atoms with van der Waals surface area (Å²) in [5.41, 5.74) is 0. The molecule has 0 atom stereocenters. The topological polar surface area (TPSA) is 73.9 Å². The van der Waals surface area contributed by atoms with Gasteiger partial charge in [-0.25, -0.2) is 4.98 Å². The van der Waals surface area contributed by atoms with Gasteiger partial charge in [-0.2, -0.15) is 0 Å². The molecule has 1 aliphatic carbocycles. The minimum atomic E-state index is -0.0883. The first-order valence-electron chi connectivity index (χ1n) is 5.66. The van der Waals surface area contributed by atoms with Gasteiger partial charge in [0.2, 0.25) is 5.82 Å². The predicted molar refractivity (Wildman–Crippen MR) is 57.1 cm³/mol. The number of likely N-dealkylation sites (N-methyl/N-ethyl adjacent to an activating group) is 1. The lowest BCUT2D eigenvalue weighted by atomic mass is 10.1. The first kappa shape index (κ1) is 9.77. The highest BCUT2D eigenvalue weighted by molar-refractivity contribution is 5.90. The summed E-state index contributed by atoms with van der Waals surface area (Å²) in [6.07, 6.45) is 2.32. The van der Waals surface area contributed by atoms with Crippen LogP contribution in [-0.4, -0.2) is 52.2 Å². The summed E-state index contributed by atoms with van der Waals surface area (Å²) < 4.78 is 0. The highest BCUT2D eigenvalue weighted by Gasteiger charge is 2.31. The lowest BCUT2D eigenvalue weighted by Crippen LogP contribution is -2.57. The van der Waals surface area contributed by atoms with Crippen LogP contribution in [0.15, 0.2) is 0 Å². The van der Waals surface area contributed by atoms with Crippen molar-refractivity contribution in [2.45, 2.75) is 24.8 Å². The van der Waals surface area contributed by atoms with E-state index in [-0.39, 0.29) is 11.9 Å². The highest BCUT2D eigenvalue weighted by Crippen LogP contribution is 2.37. The molecule has 6 nitrogen and oxygen atoms in total. The van der Waals surface area contributed by atoms with Gasteiger partial charge in [0, 0.05) is 26.1 Å². The van der Waals surface area contributed by atoms with Crippen LogP contribution in [0.25, 0.3) is 0 Å². The number of carbonyl (C=O) groups excluding carboxylic acids is 1. The molecule has 0 bridgehead atoms. The van der Waals surface area contributed by atoms with Gasteiger partial charge in [0.15, 0.2) is 0 Å². The van der Waals surface area contributed by atoms with Crippen molar-refractivity contribution in [1.82, 2.24) is 25.4 Å². The molecule has 1 aromatic rings. The van der Waals surface area contributed by atoms with Gasteiger partial charge < -0.3 is 10.2 Å². The molecule has 16 heavy (non-hydrogen) atoms. The van der Waals surface area contributed by atoms with E-state index in [2.05, 4.69) is 20.5 Å². The van der Waals surface area contributed by atoms with E-state index in [1.165, 1.54) is 0 Å². The first-order chi connectivity index (χ1) is 7.75. The molecule has 1 saturated heterocycles. The molecule has 2 aliphatic rings. The Kier molecular flexibility index (Phi) is 2.17. The van der Waals surface area contributed by atoms with E-state index in [1.54, 1.807) is 11.9 Å². The normalized spacial score (nSPS) is 20.6. The number of nitrogens with zero attached hydrogens (tertiary/aromatic N) is 3. The van der Waals surface area contributed by atoms with Crippen molar-refractivity contribution in [2.75, 3.05) is 20.1 Å². The first-order valence-corrected chi connectivity index (χ1v) is 5.66. The van der Waals surface area contributed by atoms with Crippen molar-refractivity contribution in [3.05, 3.63) is 11.6 Å². The third-order valence-corrected chi connectivity index (χ3v) is 3.29. The van der Waals surface area contributed by atoms with E-state index in [0.717, 1.165) is 31.8 Å². The summed E-state index contributed by atoms with van der Waals surface area (Å²) in [5, 5.41) is 9.99. The van der Waals surface area contributed by atoms with Crippen LogP contribution in [-0.2, 0) is 0 Å². The second kappa shape index (κ2) is 3.55. The molecule has 0 radical (unpaired) electrons. The minimum absolute atomic E-state index is 0.0883. The summed E-state index contributed by atoms with van der Waals surface area (Å²) in [6.45, 7) is 1.73. The maximum absolute atomic E-state index is 12.0. The maximum Gasteiger partial charge on any atom is 0.293 e. The zero-order valence-electron chi connectivity index (χ0n) is 9.23. The van der Waals surface area contributed by atoms with E-state index in [9.17, 15) is 4.79 Å². The zero-order valence-corrected chi connectivity index (χ0v) is 9.23. The van der Waals surface area contributed by atoms with Crippen LogP contribution < -0.4 is 5.32 Å². The molecule has 1 aromatic heterocycles. The Morgan fingerprint density at radius 2 is 2.19 bits per heavy atom. The molecule has 1 amide bonds. The number of carbonyl (C=O) groups is 1. The number of hydrogen-bond acceptors (Lipinski definition) is 4. The lowest BCUT2D eigenvalue weighted by molar-refractivity contribution is 0.0669. The molecule has 2 N–H and O–H groups in total. The number of rotatable bonds is 3. The fraction of sp³-hybridized carbons (Fsp3) is 0.700. The van der Waals surface area contributed by atoms with E-state index in [1.807, 2.05) is 0 Å². The van der Waals surface area contributed by atoms with Crippen molar-refractivity contribution in [1.29, 1.82) is 0 Å². The summed E-state index contributed by atoms with van der Waals surface area (Å²) in [4.78, 5) is 18.0. The van der Waals surface area contributed by atoms with Gasteiger partial charge in [0.05, 0.1) is 6.04 Å². The SMILES string of the molecule is CN(C(=O)c1n[nH]c(C2CC2)n1)C1CNC1. The van der Waals surface area contributed by atoms with Crippen LogP contribution in [0.3, 0.4) is 0 Å². The zero-order chi connectivity index (χ0) is 11.1. The number of amides is 1. The lowest BCUT2D eigenvalue weighted by Gasteiger charge is -2.34. The molecule has 1 saturated carbocycles. The van der Waals surface area contributed by atoms with Gasteiger partial charge in [0.1, 0.15) is 5.82 Å². The largest absolute Gasteiger partial charge is 0.333 e. The Labute approximate surface area is 93.4 Å². The van der Waals surface area contributed by atoms with Crippen LogP contribution >= 0.6 is 0 Å². The van der Waals surface area contributed by atoms with E-state index >= 15 is 0 Å². The van der Waals surface area contributed by atoms with Crippen LogP contribution in [0.5, 0.6) is 0 Å². The van der Waals surface area contributed by atoms with Gasteiger partial charge >= 0.3 is 0 Å². The van der Waals surface area contributed by atoms with Crippen molar-refractivity contribution >= 4 is 5.91 Å². The molecule has 2 heterocycles. The van der Waals surface area contributed by atoms with Crippen LogP contribution in [0.1, 0.15) is 35.2 Å². The molecular weight excluding hydrogens is 206 g/mol. The van der Waals surface area contributed by atoms with Gasteiger partial charge in [0.25, 0.3) is 5.91 Å². The fourth-order valence-corrected chi connectivity index (χ4v) is 1.78. The van der Waals surface area contributed by atoms with Crippen LogP contribution in [0.4, 0.5) is 0 Å². The van der Waals surface area contributed by atoms with Crippen LogP contribution in [0.2, 0.25) is 0 Å². The Morgan fingerprint density at radius 3 is 2.75 bits per heavy atom. The predicted octanol–water partition coefficient (Wildman–Crippen LogP) is -0.274. The monoisotopic (exact) mass is 221 g/mol. The van der Waals surface area contributed by atoms with Crippen molar-refractivity contribution in [3.63, 3.8) is 0 Å². The summed E-state index contributed by atoms with van der Waals surface area (Å²) in [7, 11) is 1.81. The third kappa shape index (κ3) is 1.59.